The summed E-state index contributed by atoms with van der Waals surface area (Å²) in [7, 11) is 0. The van der Waals surface area contributed by atoms with Crippen molar-refractivity contribution in [2.24, 2.45) is 0 Å². The van der Waals surface area contributed by atoms with Crippen molar-refractivity contribution < 1.29 is 14.3 Å². The van der Waals surface area contributed by atoms with Gasteiger partial charge in [0.15, 0.2) is 5.78 Å². The Morgan fingerprint density at radius 1 is 1.67 bits per heavy atom. The van der Waals surface area contributed by atoms with Crippen LogP contribution in [-0.2, 0) is 14.3 Å². The van der Waals surface area contributed by atoms with Crippen molar-refractivity contribution in [1.29, 1.82) is 0 Å². The maximum absolute atomic E-state index is 11.0. The summed E-state index contributed by atoms with van der Waals surface area (Å²) in [5.41, 5.74) is 0. The maximum Gasteiger partial charge on any atom is 0.217 e. The van der Waals surface area contributed by atoms with Crippen LogP contribution in [0.5, 0.6) is 0 Å². The Hall–Kier alpha value is -0.900. The van der Waals surface area contributed by atoms with E-state index in [4.69, 9.17) is 4.74 Å². The predicted octanol–water partition coefficient (Wildman–Crippen LogP) is -0.379. The van der Waals surface area contributed by atoms with Gasteiger partial charge in [0, 0.05) is 13.3 Å². The fraction of sp³-hybridized carbons (Fsp3) is 0.750. The lowest BCUT2D eigenvalue weighted by atomic mass is 9.94. The van der Waals surface area contributed by atoms with E-state index >= 15 is 0 Å². The Morgan fingerprint density at radius 3 is 3.08 bits per heavy atom. The number of ketones is 1. The summed E-state index contributed by atoms with van der Waals surface area (Å²) in [6, 6.07) is 0.0604. The Balaban J connectivity index is 1.94. The molecule has 2 aliphatic rings. The Labute approximate surface area is 70.3 Å². The first-order valence-corrected chi connectivity index (χ1v) is 4.14. The van der Waals surface area contributed by atoms with Gasteiger partial charge in [-0.25, -0.2) is 0 Å². The monoisotopic (exact) mass is 169 g/mol. The quantitative estimate of drug-likeness (QED) is 0.544. The molecule has 3 atom stereocenters. The van der Waals surface area contributed by atoms with Crippen LogP contribution in [0.1, 0.15) is 19.8 Å². The standard InChI is InChI=1S/C8H11NO3/c1-4(10)9-5-2-3-6(11)8-7(5)12-8/h5,7-8H,2-3H2,1H3,(H,9,10). The highest BCUT2D eigenvalue weighted by Gasteiger charge is 2.52. The fourth-order valence-corrected chi connectivity index (χ4v) is 1.71. The molecule has 1 N–H and O–H groups in total. The molecule has 1 saturated heterocycles. The van der Waals surface area contributed by atoms with Crippen LogP contribution in [0, 0.1) is 0 Å². The van der Waals surface area contributed by atoms with Crippen molar-refractivity contribution >= 4 is 11.7 Å². The number of ether oxygens (including phenoxy) is 1. The van der Waals surface area contributed by atoms with Crippen LogP contribution in [0.15, 0.2) is 0 Å². The summed E-state index contributed by atoms with van der Waals surface area (Å²) in [5, 5.41) is 2.78. The minimum Gasteiger partial charge on any atom is -0.359 e. The van der Waals surface area contributed by atoms with Gasteiger partial charge in [-0.2, -0.15) is 0 Å². The van der Waals surface area contributed by atoms with Crippen molar-refractivity contribution in [2.45, 2.75) is 38.0 Å². The molecule has 1 amide bonds. The van der Waals surface area contributed by atoms with E-state index in [-0.39, 0.29) is 29.9 Å². The Morgan fingerprint density at radius 2 is 2.42 bits per heavy atom. The number of nitrogens with one attached hydrogen (secondary N) is 1. The van der Waals surface area contributed by atoms with E-state index in [1.165, 1.54) is 6.92 Å². The third kappa shape index (κ3) is 1.22. The van der Waals surface area contributed by atoms with Gasteiger partial charge >= 0.3 is 0 Å². The minimum atomic E-state index is -0.212. The molecule has 0 bridgehead atoms. The molecule has 1 heterocycles. The van der Waals surface area contributed by atoms with Gasteiger partial charge in [0.2, 0.25) is 5.91 Å². The number of carbonyl (C=O) groups is 2. The second-order valence-corrected chi connectivity index (χ2v) is 3.33. The normalized spacial score (nSPS) is 38.8. The number of fused-ring (bicyclic) bond motifs is 1. The average Bonchev–Trinajstić information content (AvgIpc) is 2.73. The zero-order chi connectivity index (χ0) is 8.72. The van der Waals surface area contributed by atoms with Crippen LogP contribution in [0.2, 0.25) is 0 Å². The average molecular weight is 169 g/mol. The molecule has 0 aromatic heterocycles. The molecular weight excluding hydrogens is 158 g/mol. The highest BCUT2D eigenvalue weighted by Crippen LogP contribution is 2.34. The third-order valence-corrected chi connectivity index (χ3v) is 2.33. The second-order valence-electron chi connectivity index (χ2n) is 3.33. The lowest BCUT2D eigenvalue weighted by Gasteiger charge is -2.17. The van der Waals surface area contributed by atoms with Gasteiger partial charge in [0.1, 0.15) is 12.2 Å². The summed E-state index contributed by atoms with van der Waals surface area (Å²) in [4.78, 5) is 21.7. The fourth-order valence-electron chi connectivity index (χ4n) is 1.71. The van der Waals surface area contributed by atoms with Crippen molar-refractivity contribution in [2.75, 3.05) is 0 Å². The number of carbonyl (C=O) groups excluding carboxylic acids is 2. The smallest absolute Gasteiger partial charge is 0.217 e. The van der Waals surface area contributed by atoms with Crippen molar-refractivity contribution in [3.63, 3.8) is 0 Å². The lowest BCUT2D eigenvalue weighted by Crippen LogP contribution is -2.42. The number of hydrogen-bond acceptors (Lipinski definition) is 3. The molecule has 1 saturated carbocycles. The topological polar surface area (TPSA) is 58.7 Å². The van der Waals surface area contributed by atoms with E-state index in [1.54, 1.807) is 0 Å². The molecule has 12 heavy (non-hydrogen) atoms. The van der Waals surface area contributed by atoms with Gasteiger partial charge in [0.05, 0.1) is 6.04 Å². The van der Waals surface area contributed by atoms with Crippen molar-refractivity contribution in [1.82, 2.24) is 5.32 Å². The molecule has 0 spiro atoms. The number of Topliss-reactive ketones (excluding diaryl/α,β-unsaturated/α-hetero) is 1. The van der Waals surface area contributed by atoms with Crippen molar-refractivity contribution in [3.8, 4) is 0 Å². The summed E-state index contributed by atoms with van der Waals surface area (Å²) in [6.45, 7) is 1.48. The molecular formula is C8H11NO3. The number of rotatable bonds is 1. The number of hydrogen-bond donors (Lipinski definition) is 1. The molecule has 1 aliphatic carbocycles. The van der Waals surface area contributed by atoms with Crippen LogP contribution in [0.4, 0.5) is 0 Å². The van der Waals surface area contributed by atoms with Gasteiger partial charge < -0.3 is 10.1 Å². The first-order chi connectivity index (χ1) is 5.68. The highest BCUT2D eigenvalue weighted by atomic mass is 16.6. The molecule has 66 valence electrons. The summed E-state index contributed by atoms with van der Waals surface area (Å²) in [5.74, 6) is 0.130. The highest BCUT2D eigenvalue weighted by molar-refractivity contribution is 5.87. The lowest BCUT2D eigenvalue weighted by molar-refractivity contribution is -0.122. The van der Waals surface area contributed by atoms with Crippen LogP contribution < -0.4 is 5.32 Å². The van der Waals surface area contributed by atoms with Crippen LogP contribution in [0.3, 0.4) is 0 Å². The van der Waals surface area contributed by atoms with Crippen LogP contribution in [0.25, 0.3) is 0 Å². The van der Waals surface area contributed by atoms with E-state index < -0.39 is 0 Å². The summed E-state index contributed by atoms with van der Waals surface area (Å²) in [6.07, 6.45) is 1.01. The van der Waals surface area contributed by atoms with E-state index in [9.17, 15) is 9.59 Å². The van der Waals surface area contributed by atoms with Gasteiger partial charge in [-0.05, 0) is 6.42 Å². The van der Waals surface area contributed by atoms with Gasteiger partial charge in [-0.3, -0.25) is 9.59 Å². The third-order valence-electron chi connectivity index (χ3n) is 2.33. The first kappa shape index (κ1) is 7.73. The maximum atomic E-state index is 11.0. The molecule has 3 unspecified atom stereocenters. The van der Waals surface area contributed by atoms with Gasteiger partial charge in [-0.1, -0.05) is 0 Å². The van der Waals surface area contributed by atoms with Gasteiger partial charge in [0.25, 0.3) is 0 Å². The SMILES string of the molecule is CC(=O)NC1CCC(=O)C2OC12. The second kappa shape index (κ2) is 2.55. The summed E-state index contributed by atoms with van der Waals surface area (Å²) >= 11 is 0. The Bertz CT molecular complexity index is 238. The molecule has 0 radical (unpaired) electrons. The van der Waals surface area contributed by atoms with E-state index in [2.05, 4.69) is 5.32 Å². The number of amides is 1. The molecule has 2 rings (SSSR count). The molecule has 4 nitrogen and oxygen atoms in total. The Kier molecular flexibility index (Phi) is 1.65. The van der Waals surface area contributed by atoms with Crippen LogP contribution in [-0.4, -0.2) is 29.9 Å². The summed E-state index contributed by atoms with van der Waals surface area (Å²) < 4.78 is 5.14. The van der Waals surface area contributed by atoms with Crippen LogP contribution >= 0.6 is 0 Å². The first-order valence-electron chi connectivity index (χ1n) is 4.14. The molecule has 0 aromatic rings. The minimum absolute atomic E-state index is 0.0323. The molecule has 1 aliphatic heterocycles. The molecule has 0 aromatic carbocycles. The molecule has 4 heteroatoms. The van der Waals surface area contributed by atoms with E-state index in [0.717, 1.165) is 6.42 Å². The van der Waals surface area contributed by atoms with Gasteiger partial charge in [-0.15, -0.1) is 0 Å². The van der Waals surface area contributed by atoms with E-state index in [0.29, 0.717) is 6.42 Å². The number of epoxide rings is 1. The van der Waals surface area contributed by atoms with Crippen molar-refractivity contribution in [3.05, 3.63) is 0 Å². The zero-order valence-corrected chi connectivity index (χ0v) is 6.87. The predicted molar refractivity (Wildman–Crippen MR) is 40.5 cm³/mol. The zero-order valence-electron chi connectivity index (χ0n) is 6.87. The van der Waals surface area contributed by atoms with E-state index in [1.807, 2.05) is 0 Å². The largest absolute Gasteiger partial charge is 0.359 e. The molecule has 2 fully saturated rings.